The monoisotopic (exact) mass is 592 g/mol. The Hall–Kier alpha value is -1.56. The zero-order valence-corrected chi connectivity index (χ0v) is 15.3. The summed E-state index contributed by atoms with van der Waals surface area (Å²) >= 11 is 0. The van der Waals surface area contributed by atoms with Gasteiger partial charge in [0.15, 0.2) is 0 Å². The van der Waals surface area contributed by atoms with E-state index in [1.807, 2.05) is 0 Å². The van der Waals surface area contributed by atoms with E-state index < -0.39 is 70.8 Å². The van der Waals surface area contributed by atoms with Crippen molar-refractivity contribution in [2.75, 3.05) is 0 Å². The smallest absolute Gasteiger partial charge is 0.356 e. The van der Waals surface area contributed by atoms with E-state index in [4.69, 9.17) is 20.4 Å². The van der Waals surface area contributed by atoms with Crippen LogP contribution in [-0.2, 0) is 0 Å². The molecule has 4 N–H and O–H groups in total. The molecule has 0 aromatic rings. The van der Waals surface area contributed by atoms with Crippen molar-refractivity contribution in [3.8, 4) is 0 Å². The Morgan fingerprint density at radius 3 is 0.389 bits per heavy atom. The average Bonchev–Trinajstić information content (AvgIpc) is 2.65. The lowest BCUT2D eigenvalue weighted by atomic mass is 9.78. The molecule has 0 bridgehead atoms. The first-order chi connectivity index (χ1) is 15.0. The van der Waals surface area contributed by atoms with Gasteiger partial charge in [0.1, 0.15) is 0 Å². The fourth-order valence-electron chi connectivity index (χ4n) is 2.45. The zero-order valence-electron chi connectivity index (χ0n) is 15.3. The Balaban J connectivity index is 0.000000360. The molecule has 24 heteroatoms. The maximum atomic E-state index is 12.6. The molecule has 0 saturated heterocycles. The van der Waals surface area contributed by atoms with Crippen molar-refractivity contribution in [2.24, 2.45) is 0 Å². The van der Waals surface area contributed by atoms with Crippen LogP contribution in [0.15, 0.2) is 0 Å². The molecule has 36 heavy (non-hydrogen) atoms. The van der Waals surface area contributed by atoms with E-state index in [-0.39, 0.29) is 0 Å². The quantitative estimate of drug-likeness (QED) is 0.256. The minimum Gasteiger partial charge on any atom is -0.356 e. The molecule has 2 aliphatic carbocycles. The van der Waals surface area contributed by atoms with Crippen LogP contribution in [0, 0.1) is 0 Å². The van der Waals surface area contributed by atoms with Crippen molar-refractivity contribution in [2.45, 2.75) is 70.8 Å². The molecule has 2 rings (SSSR count). The highest BCUT2D eigenvalue weighted by atomic mass is 19.4. The Morgan fingerprint density at radius 1 is 0.194 bits per heavy atom. The second kappa shape index (κ2) is 7.09. The maximum Gasteiger partial charge on any atom is 0.384 e. The van der Waals surface area contributed by atoms with Crippen molar-refractivity contribution < 1.29 is 108 Å². The van der Waals surface area contributed by atoms with Crippen LogP contribution in [0.5, 0.6) is 0 Å². The van der Waals surface area contributed by atoms with Crippen LogP contribution in [0.2, 0.25) is 0 Å². The van der Waals surface area contributed by atoms with Crippen LogP contribution in [0.3, 0.4) is 0 Å². The molecule has 4 nitrogen and oxygen atoms in total. The topological polar surface area (TPSA) is 80.9 Å². The van der Waals surface area contributed by atoms with Crippen LogP contribution >= 0.6 is 0 Å². The molecular weight excluding hydrogens is 588 g/mol. The van der Waals surface area contributed by atoms with E-state index in [9.17, 15) is 87.8 Å². The number of hydrogen-bond donors (Lipinski definition) is 4. The second-order valence-electron chi connectivity index (χ2n) is 7.09. The number of halogens is 20. The summed E-state index contributed by atoms with van der Waals surface area (Å²) in [6.07, 6.45) is 0. The van der Waals surface area contributed by atoms with Gasteiger partial charge in [-0.25, -0.2) is 0 Å². The minimum absolute atomic E-state index is 6.35. The minimum atomic E-state index is -7.19. The molecule has 2 saturated carbocycles. The summed E-state index contributed by atoms with van der Waals surface area (Å²) < 4.78 is 250. The molecule has 216 valence electrons. The summed E-state index contributed by atoms with van der Waals surface area (Å²) in [6.45, 7) is 0. The van der Waals surface area contributed by atoms with Crippen molar-refractivity contribution in [1.29, 1.82) is 0 Å². The summed E-state index contributed by atoms with van der Waals surface area (Å²) in [7, 11) is 0. The normalized spacial score (nSPS) is 34.0. The second-order valence-corrected chi connectivity index (χ2v) is 7.09. The fraction of sp³-hybridized carbons (Fsp3) is 1.00. The Kier molecular flexibility index (Phi) is 6.40. The van der Waals surface area contributed by atoms with Gasteiger partial charge in [0, 0.05) is 0 Å². The summed E-state index contributed by atoms with van der Waals surface area (Å²) in [4.78, 5) is 0. The maximum absolute atomic E-state index is 12.6. The van der Waals surface area contributed by atoms with Crippen molar-refractivity contribution >= 4 is 0 Å². The standard InChI is InChI=1S/2C6H2F10O2/c2*7-1(8)2(9,10)4(13,14)6(17,18)5(15,16)3(1,11)12/h2*17-18H. The molecule has 0 amide bonds. The first-order valence-corrected chi connectivity index (χ1v) is 7.67. The largest absolute Gasteiger partial charge is 0.384 e. The fourth-order valence-corrected chi connectivity index (χ4v) is 2.45. The van der Waals surface area contributed by atoms with Crippen LogP contribution < -0.4 is 0 Å². The van der Waals surface area contributed by atoms with Crippen LogP contribution in [0.4, 0.5) is 87.8 Å². The first kappa shape index (κ1) is 32.5. The van der Waals surface area contributed by atoms with Gasteiger partial charge in [0.2, 0.25) is 0 Å². The SMILES string of the molecule is OC1(O)C(F)(F)C(F)(F)C(F)(F)C(F)(F)C1(F)F.OC1(O)C(F)(F)C(F)(F)C(F)(F)C(F)(F)C1(F)F. The molecule has 0 heterocycles. The van der Waals surface area contributed by atoms with Gasteiger partial charge in [-0.1, -0.05) is 0 Å². The molecule has 0 radical (unpaired) electrons. The third-order valence-electron chi connectivity index (χ3n) is 4.91. The highest BCUT2D eigenvalue weighted by molar-refractivity contribution is 5.23. The van der Waals surface area contributed by atoms with E-state index in [1.165, 1.54) is 0 Å². The summed E-state index contributed by atoms with van der Waals surface area (Å²) in [5.41, 5.74) is 0. The van der Waals surface area contributed by atoms with E-state index in [0.717, 1.165) is 0 Å². The number of rotatable bonds is 0. The molecule has 0 aromatic carbocycles. The lowest BCUT2D eigenvalue weighted by Gasteiger charge is -2.51. The third-order valence-corrected chi connectivity index (χ3v) is 4.91. The molecule has 2 fully saturated rings. The van der Waals surface area contributed by atoms with E-state index >= 15 is 0 Å². The van der Waals surface area contributed by atoms with E-state index in [1.54, 1.807) is 0 Å². The van der Waals surface area contributed by atoms with Gasteiger partial charge < -0.3 is 20.4 Å². The third kappa shape index (κ3) is 2.83. The van der Waals surface area contributed by atoms with Gasteiger partial charge in [0.05, 0.1) is 0 Å². The summed E-state index contributed by atoms with van der Waals surface area (Å²) in [5.74, 6) is -83.1. The molecule has 0 atom stereocenters. The van der Waals surface area contributed by atoms with Crippen molar-refractivity contribution in [3.63, 3.8) is 0 Å². The van der Waals surface area contributed by atoms with Gasteiger partial charge >= 0.3 is 70.8 Å². The molecule has 2 aliphatic rings. The summed E-state index contributed by atoms with van der Waals surface area (Å²) in [6, 6.07) is 0. The lowest BCUT2D eigenvalue weighted by molar-refractivity contribution is -0.533. The van der Waals surface area contributed by atoms with Crippen LogP contribution in [0.25, 0.3) is 0 Å². The van der Waals surface area contributed by atoms with Crippen molar-refractivity contribution in [1.82, 2.24) is 0 Å². The van der Waals surface area contributed by atoms with Crippen molar-refractivity contribution in [3.05, 3.63) is 0 Å². The summed E-state index contributed by atoms with van der Waals surface area (Å²) in [5, 5.41) is 32.4. The molecule has 0 unspecified atom stereocenters. The van der Waals surface area contributed by atoms with E-state index in [2.05, 4.69) is 0 Å². The van der Waals surface area contributed by atoms with Gasteiger partial charge in [-0.2, -0.15) is 87.8 Å². The van der Waals surface area contributed by atoms with Crippen LogP contribution in [-0.4, -0.2) is 91.2 Å². The predicted octanol–water partition coefficient (Wildman–Crippen LogP) is 3.71. The number of hydrogen-bond acceptors (Lipinski definition) is 4. The molecule has 0 spiro atoms. The van der Waals surface area contributed by atoms with Gasteiger partial charge in [-0.3, -0.25) is 0 Å². The number of aliphatic hydroxyl groups is 4. The number of alkyl halides is 20. The highest BCUT2D eigenvalue weighted by Gasteiger charge is 3.01. The lowest BCUT2D eigenvalue weighted by Crippen LogP contribution is -2.85. The predicted molar refractivity (Wildman–Crippen MR) is 63.8 cm³/mol. The highest BCUT2D eigenvalue weighted by Crippen LogP contribution is 2.68. The Labute approximate surface area is 180 Å². The molecule has 0 aromatic heterocycles. The van der Waals surface area contributed by atoms with Gasteiger partial charge in [-0.15, -0.1) is 0 Å². The Morgan fingerprint density at radius 2 is 0.278 bits per heavy atom. The van der Waals surface area contributed by atoms with Gasteiger partial charge in [0.25, 0.3) is 0 Å². The first-order valence-electron chi connectivity index (χ1n) is 7.67. The van der Waals surface area contributed by atoms with E-state index in [0.29, 0.717) is 0 Å². The van der Waals surface area contributed by atoms with Gasteiger partial charge in [-0.05, 0) is 0 Å². The molecular formula is C12H4F20O4. The zero-order chi connectivity index (χ0) is 30.0. The Bertz CT molecular complexity index is 583. The average molecular weight is 592 g/mol. The van der Waals surface area contributed by atoms with Crippen LogP contribution in [0.1, 0.15) is 0 Å². The molecule has 0 aliphatic heterocycles.